The zero-order valence-corrected chi connectivity index (χ0v) is 16.7. The zero-order chi connectivity index (χ0) is 20.3. The second-order valence-electron chi connectivity index (χ2n) is 9.24. The Morgan fingerprint density at radius 3 is 2.79 bits per heavy atom. The third-order valence-corrected chi connectivity index (χ3v) is 7.71. The van der Waals surface area contributed by atoms with Crippen LogP contribution in [0.2, 0.25) is 0 Å². The predicted molar refractivity (Wildman–Crippen MR) is 103 cm³/mol. The van der Waals surface area contributed by atoms with E-state index in [-0.39, 0.29) is 41.3 Å². The van der Waals surface area contributed by atoms with Crippen molar-refractivity contribution in [3.05, 3.63) is 35.5 Å². The second kappa shape index (κ2) is 6.51. The summed E-state index contributed by atoms with van der Waals surface area (Å²) in [4.78, 5) is 35.7. The summed E-state index contributed by atoms with van der Waals surface area (Å²) in [7, 11) is 0. The number of ketones is 2. The predicted octanol–water partition coefficient (Wildman–Crippen LogP) is 2.93. The Bertz CT molecular complexity index is 834. The number of aliphatic hydroxyl groups excluding tert-OH is 1. The maximum atomic E-state index is 12.8. The number of Topliss-reactive ketones (excluding diaryl/α,β-unsaturated/α-hetero) is 1. The number of ether oxygens (including phenoxy) is 1. The summed E-state index contributed by atoms with van der Waals surface area (Å²) in [6, 6.07) is 0. The smallest absolute Gasteiger partial charge is 0.303 e. The highest BCUT2D eigenvalue weighted by atomic mass is 16.5. The molecule has 4 rings (SSSR count). The van der Waals surface area contributed by atoms with Crippen molar-refractivity contribution >= 4 is 17.5 Å². The summed E-state index contributed by atoms with van der Waals surface area (Å²) in [6.45, 7) is 5.31. The van der Waals surface area contributed by atoms with E-state index in [0.29, 0.717) is 12.8 Å². The van der Waals surface area contributed by atoms with Crippen molar-refractivity contribution in [3.8, 4) is 0 Å². The Morgan fingerprint density at radius 1 is 1.32 bits per heavy atom. The number of aliphatic hydroxyl groups is 1. The van der Waals surface area contributed by atoms with Gasteiger partial charge in [0.2, 0.25) is 0 Å². The van der Waals surface area contributed by atoms with Crippen LogP contribution in [-0.2, 0) is 19.1 Å². The average Bonchev–Trinajstić information content (AvgIpc) is 2.96. The van der Waals surface area contributed by atoms with Gasteiger partial charge in [0.05, 0.1) is 6.10 Å². The van der Waals surface area contributed by atoms with Gasteiger partial charge in [-0.25, -0.2) is 0 Å². The minimum Gasteiger partial charge on any atom is -0.458 e. The van der Waals surface area contributed by atoms with Crippen molar-refractivity contribution in [3.63, 3.8) is 0 Å². The SMILES string of the molecule is CC(=O)OCC(=O)C1CC=C2[C@@H]3CCC4=CC(=O)C=C[C@]4(C)[C@H]3[C@@H](O)C[C@@]21C. The van der Waals surface area contributed by atoms with Crippen LogP contribution in [0.4, 0.5) is 0 Å². The fourth-order valence-corrected chi connectivity index (χ4v) is 6.43. The van der Waals surface area contributed by atoms with Gasteiger partial charge in [-0.15, -0.1) is 0 Å². The van der Waals surface area contributed by atoms with E-state index in [0.717, 1.165) is 18.4 Å². The van der Waals surface area contributed by atoms with Gasteiger partial charge in [-0.2, -0.15) is 0 Å². The summed E-state index contributed by atoms with van der Waals surface area (Å²) in [5.74, 6) is -0.548. The molecular formula is C23H28O5. The highest BCUT2D eigenvalue weighted by Crippen LogP contribution is 2.64. The molecule has 4 aliphatic rings. The number of hydrogen-bond donors (Lipinski definition) is 1. The number of esters is 1. The van der Waals surface area contributed by atoms with Crippen LogP contribution < -0.4 is 0 Å². The van der Waals surface area contributed by atoms with Crippen LogP contribution in [0.1, 0.15) is 46.5 Å². The maximum absolute atomic E-state index is 12.8. The van der Waals surface area contributed by atoms with Crippen LogP contribution in [0.3, 0.4) is 0 Å². The van der Waals surface area contributed by atoms with E-state index in [4.69, 9.17) is 4.74 Å². The average molecular weight is 384 g/mol. The van der Waals surface area contributed by atoms with Crippen molar-refractivity contribution < 1.29 is 24.2 Å². The molecule has 0 aromatic carbocycles. The van der Waals surface area contributed by atoms with Gasteiger partial charge in [0.25, 0.3) is 0 Å². The third kappa shape index (κ3) is 2.74. The summed E-state index contributed by atoms with van der Waals surface area (Å²) in [5.41, 5.74) is 1.67. The molecule has 6 atom stereocenters. The molecule has 0 amide bonds. The first-order valence-electron chi connectivity index (χ1n) is 10.2. The van der Waals surface area contributed by atoms with Crippen LogP contribution in [0.25, 0.3) is 0 Å². The van der Waals surface area contributed by atoms with Gasteiger partial charge in [0, 0.05) is 29.6 Å². The van der Waals surface area contributed by atoms with E-state index >= 15 is 0 Å². The van der Waals surface area contributed by atoms with Crippen molar-refractivity contribution in [1.29, 1.82) is 0 Å². The minimum absolute atomic E-state index is 0.0125. The second-order valence-corrected chi connectivity index (χ2v) is 9.24. The molecule has 0 bridgehead atoms. The first-order chi connectivity index (χ1) is 13.2. The van der Waals surface area contributed by atoms with Crippen LogP contribution in [0, 0.1) is 28.6 Å². The molecule has 0 heterocycles. The molecule has 0 radical (unpaired) electrons. The van der Waals surface area contributed by atoms with E-state index in [9.17, 15) is 19.5 Å². The fourth-order valence-electron chi connectivity index (χ4n) is 6.43. The van der Waals surface area contributed by atoms with E-state index in [1.54, 1.807) is 12.2 Å². The molecule has 1 N–H and O–H groups in total. The van der Waals surface area contributed by atoms with Gasteiger partial charge in [0.1, 0.15) is 6.61 Å². The Kier molecular flexibility index (Phi) is 4.49. The van der Waals surface area contributed by atoms with Crippen molar-refractivity contribution in [1.82, 2.24) is 0 Å². The largest absolute Gasteiger partial charge is 0.458 e. The number of fused-ring (bicyclic) bond motifs is 5. The quantitative estimate of drug-likeness (QED) is 0.598. The van der Waals surface area contributed by atoms with E-state index in [2.05, 4.69) is 19.9 Å². The fraction of sp³-hybridized carbons (Fsp3) is 0.609. The Balaban J connectivity index is 1.63. The van der Waals surface area contributed by atoms with Crippen molar-refractivity contribution in [2.45, 2.75) is 52.6 Å². The summed E-state index contributed by atoms with van der Waals surface area (Å²) >= 11 is 0. The van der Waals surface area contributed by atoms with Crippen molar-refractivity contribution in [2.75, 3.05) is 6.61 Å². The number of hydrogen-bond acceptors (Lipinski definition) is 5. The lowest BCUT2D eigenvalue weighted by atomic mass is 9.48. The molecular weight excluding hydrogens is 356 g/mol. The van der Waals surface area contributed by atoms with Crippen molar-refractivity contribution in [2.24, 2.45) is 28.6 Å². The monoisotopic (exact) mass is 384 g/mol. The van der Waals surface area contributed by atoms with Crippen LogP contribution in [-0.4, -0.2) is 35.4 Å². The first kappa shape index (κ1) is 19.3. The lowest BCUT2D eigenvalue weighted by Gasteiger charge is -2.56. The van der Waals surface area contributed by atoms with Gasteiger partial charge in [-0.3, -0.25) is 14.4 Å². The van der Waals surface area contributed by atoms with E-state index < -0.39 is 17.5 Å². The van der Waals surface area contributed by atoms with Crippen LogP contribution in [0.15, 0.2) is 35.5 Å². The van der Waals surface area contributed by atoms with Gasteiger partial charge < -0.3 is 9.84 Å². The summed E-state index contributed by atoms with van der Waals surface area (Å²) in [5, 5.41) is 11.2. The highest BCUT2D eigenvalue weighted by molar-refractivity contribution is 6.01. The molecule has 0 aliphatic heterocycles. The molecule has 28 heavy (non-hydrogen) atoms. The first-order valence-corrected chi connectivity index (χ1v) is 10.2. The van der Waals surface area contributed by atoms with Gasteiger partial charge in [-0.1, -0.05) is 37.1 Å². The Labute approximate surface area is 165 Å². The molecule has 2 saturated carbocycles. The van der Waals surface area contributed by atoms with Crippen LogP contribution in [0.5, 0.6) is 0 Å². The molecule has 0 spiro atoms. The highest BCUT2D eigenvalue weighted by Gasteiger charge is 2.59. The molecule has 0 aromatic rings. The zero-order valence-electron chi connectivity index (χ0n) is 16.7. The minimum atomic E-state index is -0.555. The van der Waals surface area contributed by atoms with Gasteiger partial charge in [-0.05, 0) is 43.8 Å². The molecule has 0 aromatic heterocycles. The number of allylic oxidation sites excluding steroid dienone is 6. The molecule has 4 aliphatic carbocycles. The molecule has 2 fully saturated rings. The van der Waals surface area contributed by atoms with E-state index in [1.165, 1.54) is 12.5 Å². The summed E-state index contributed by atoms with van der Waals surface area (Å²) in [6.07, 6.45) is 9.85. The molecule has 5 heteroatoms. The van der Waals surface area contributed by atoms with Gasteiger partial charge in [0.15, 0.2) is 11.6 Å². The molecule has 5 nitrogen and oxygen atoms in total. The molecule has 1 unspecified atom stereocenters. The molecule has 150 valence electrons. The topological polar surface area (TPSA) is 80.7 Å². The maximum Gasteiger partial charge on any atom is 0.303 e. The van der Waals surface area contributed by atoms with Gasteiger partial charge >= 0.3 is 5.97 Å². The normalized spacial score (nSPS) is 41.4. The number of carbonyl (C=O) groups is 3. The third-order valence-electron chi connectivity index (χ3n) is 7.71. The lowest BCUT2D eigenvalue weighted by molar-refractivity contribution is -0.148. The Hall–Kier alpha value is -2.01. The molecule has 0 saturated heterocycles. The summed E-state index contributed by atoms with van der Waals surface area (Å²) < 4.78 is 4.95. The standard InChI is InChI=1S/C23H28O5/c1-13(24)28-12-20(27)18-7-6-17-16-5-4-14-10-15(25)8-9-22(14,2)21(16)19(26)11-23(17,18)3/h6,8-10,16,18-19,21,26H,4-5,7,11-12H2,1-3H3/t16-,18?,19-,21+,22-,23-/m0/s1. The lowest BCUT2D eigenvalue weighted by Crippen LogP contribution is -2.54. The number of rotatable bonds is 3. The Morgan fingerprint density at radius 2 is 2.07 bits per heavy atom. The van der Waals surface area contributed by atoms with E-state index in [1.807, 2.05) is 6.08 Å². The number of carbonyl (C=O) groups excluding carboxylic acids is 3. The van der Waals surface area contributed by atoms with Crippen LogP contribution >= 0.6 is 0 Å².